The number of hydrogen-bond acceptors (Lipinski definition) is 5. The minimum absolute atomic E-state index is 0.0155. The van der Waals surface area contributed by atoms with Crippen LogP contribution in [0.2, 0.25) is 0 Å². The first-order chi connectivity index (χ1) is 14.7. The molecule has 2 N–H and O–H groups in total. The molecule has 2 fully saturated rings. The van der Waals surface area contributed by atoms with Crippen LogP contribution in [0.3, 0.4) is 0 Å². The van der Waals surface area contributed by atoms with E-state index in [2.05, 4.69) is 26.3 Å². The lowest BCUT2D eigenvalue weighted by Gasteiger charge is -2.47. The summed E-state index contributed by atoms with van der Waals surface area (Å²) in [5.74, 6) is 0.777. The highest BCUT2D eigenvalue weighted by Gasteiger charge is 2.40. The molecule has 5 rings (SSSR count). The fourth-order valence-corrected chi connectivity index (χ4v) is 5.45. The van der Waals surface area contributed by atoms with Gasteiger partial charge in [0.1, 0.15) is 0 Å². The smallest absolute Gasteiger partial charge is 0.251 e. The summed E-state index contributed by atoms with van der Waals surface area (Å²) in [5.41, 5.74) is 2.23. The van der Waals surface area contributed by atoms with Crippen LogP contribution < -0.4 is 10.9 Å². The van der Waals surface area contributed by atoms with Crippen molar-refractivity contribution in [2.45, 2.75) is 37.8 Å². The number of ether oxygens (including phenoxy) is 1. The van der Waals surface area contributed by atoms with Crippen LogP contribution >= 0.6 is 0 Å². The number of rotatable bonds is 5. The number of pyridine rings is 1. The van der Waals surface area contributed by atoms with Gasteiger partial charge in [-0.3, -0.25) is 14.5 Å². The van der Waals surface area contributed by atoms with Gasteiger partial charge in [0.25, 0.3) is 5.56 Å². The maximum atomic E-state index is 12.8. The quantitative estimate of drug-likeness (QED) is 0.773. The largest absolute Gasteiger partial charge is 0.381 e. The topological polar surface area (TPSA) is 92.3 Å². The van der Waals surface area contributed by atoms with Gasteiger partial charge in [-0.15, -0.1) is 0 Å². The van der Waals surface area contributed by atoms with Crippen molar-refractivity contribution in [1.29, 1.82) is 0 Å². The van der Waals surface area contributed by atoms with Crippen LogP contribution in [0, 0.1) is 11.8 Å². The number of likely N-dealkylation sites (tertiary alicyclic amines) is 1. The fourth-order valence-electron chi connectivity index (χ4n) is 5.45. The van der Waals surface area contributed by atoms with Crippen LogP contribution in [0.25, 0.3) is 0 Å². The lowest BCUT2D eigenvalue weighted by Crippen LogP contribution is -2.52. The number of aromatic nitrogens is 3. The molecule has 2 aromatic heterocycles. The summed E-state index contributed by atoms with van der Waals surface area (Å²) >= 11 is 0. The molecule has 0 aromatic carbocycles. The Balaban J connectivity index is 1.36. The average molecular weight is 412 g/mol. The monoisotopic (exact) mass is 411 g/mol. The molecule has 2 bridgehead atoms. The molecule has 3 atom stereocenters. The van der Waals surface area contributed by atoms with Crippen molar-refractivity contribution < 1.29 is 9.53 Å². The number of carbonyl (C=O) groups excluding carboxylic acids is 1. The minimum atomic E-state index is -0.0155. The zero-order valence-electron chi connectivity index (χ0n) is 17.1. The lowest BCUT2D eigenvalue weighted by molar-refractivity contribution is -0.128. The number of piperidine rings is 1. The van der Waals surface area contributed by atoms with Crippen molar-refractivity contribution in [1.82, 2.24) is 24.8 Å². The number of H-pyrrole nitrogens is 1. The zero-order valence-corrected chi connectivity index (χ0v) is 17.1. The molecule has 3 aliphatic rings. The Hall–Kier alpha value is -2.45. The number of nitrogens with one attached hydrogen (secondary N) is 2. The van der Waals surface area contributed by atoms with Crippen LogP contribution in [0.4, 0.5) is 0 Å². The highest BCUT2D eigenvalue weighted by molar-refractivity contribution is 5.78. The van der Waals surface area contributed by atoms with E-state index in [4.69, 9.17) is 4.74 Å². The Labute approximate surface area is 175 Å². The molecule has 2 aromatic rings. The highest BCUT2D eigenvalue weighted by atomic mass is 16.5. The van der Waals surface area contributed by atoms with Gasteiger partial charge in [0.2, 0.25) is 5.91 Å². The third kappa shape index (κ3) is 3.81. The molecule has 5 heterocycles. The van der Waals surface area contributed by atoms with Gasteiger partial charge in [0.15, 0.2) is 0 Å². The van der Waals surface area contributed by atoms with Gasteiger partial charge in [-0.25, -0.2) is 4.98 Å². The Bertz CT molecular complexity index is 934. The van der Waals surface area contributed by atoms with Crippen molar-refractivity contribution in [3.63, 3.8) is 0 Å². The van der Waals surface area contributed by atoms with Crippen LogP contribution in [0.15, 0.2) is 35.5 Å². The SMILES string of the molecule is O=C(NC[C@H]1[C@H]2C[C@H](CN(Cc3cnc[nH]3)C2)c2cccc(=O)n21)C1CCOCC1. The predicted octanol–water partition coefficient (Wildman–Crippen LogP) is 1.27. The minimum Gasteiger partial charge on any atom is -0.381 e. The normalized spacial score (nSPS) is 26.9. The molecule has 8 heteroatoms. The predicted molar refractivity (Wildman–Crippen MR) is 111 cm³/mol. The number of carbonyl (C=O) groups is 1. The average Bonchev–Trinajstić information content (AvgIpc) is 3.27. The molecule has 0 saturated carbocycles. The Morgan fingerprint density at radius 3 is 2.93 bits per heavy atom. The van der Waals surface area contributed by atoms with Gasteiger partial charge < -0.3 is 19.6 Å². The number of amides is 1. The number of fused-ring (bicyclic) bond motifs is 4. The van der Waals surface area contributed by atoms with Gasteiger partial charge >= 0.3 is 0 Å². The summed E-state index contributed by atoms with van der Waals surface area (Å²) in [6.07, 6.45) is 6.19. The van der Waals surface area contributed by atoms with E-state index >= 15 is 0 Å². The second-order valence-electron chi connectivity index (χ2n) is 8.82. The maximum absolute atomic E-state index is 12.8. The van der Waals surface area contributed by atoms with E-state index in [1.165, 1.54) is 0 Å². The van der Waals surface area contributed by atoms with Crippen molar-refractivity contribution in [3.05, 3.63) is 52.5 Å². The summed E-state index contributed by atoms with van der Waals surface area (Å²) in [6, 6.07) is 5.56. The number of aromatic amines is 1. The van der Waals surface area contributed by atoms with E-state index < -0.39 is 0 Å². The molecular formula is C22H29N5O3. The number of nitrogens with zero attached hydrogens (tertiary/aromatic N) is 3. The first kappa shape index (κ1) is 19.5. The molecule has 0 aliphatic carbocycles. The molecule has 2 saturated heterocycles. The van der Waals surface area contributed by atoms with Crippen molar-refractivity contribution >= 4 is 5.91 Å². The molecule has 8 nitrogen and oxygen atoms in total. The molecular weight excluding hydrogens is 382 g/mol. The van der Waals surface area contributed by atoms with Crippen LogP contribution in [-0.2, 0) is 16.1 Å². The van der Waals surface area contributed by atoms with E-state index in [-0.39, 0.29) is 23.4 Å². The first-order valence-electron chi connectivity index (χ1n) is 11.0. The maximum Gasteiger partial charge on any atom is 0.251 e. The van der Waals surface area contributed by atoms with E-state index in [1.807, 2.05) is 16.8 Å². The van der Waals surface area contributed by atoms with Crippen LogP contribution in [0.5, 0.6) is 0 Å². The zero-order chi connectivity index (χ0) is 20.5. The third-order valence-electron chi connectivity index (χ3n) is 6.90. The van der Waals surface area contributed by atoms with Gasteiger partial charge in [-0.2, -0.15) is 0 Å². The van der Waals surface area contributed by atoms with Gasteiger partial charge in [0, 0.05) is 74.9 Å². The van der Waals surface area contributed by atoms with E-state index in [9.17, 15) is 9.59 Å². The number of imidazole rings is 1. The highest BCUT2D eigenvalue weighted by Crippen LogP contribution is 2.41. The van der Waals surface area contributed by atoms with Crippen LogP contribution in [-0.4, -0.2) is 58.2 Å². The van der Waals surface area contributed by atoms with Gasteiger partial charge in [-0.1, -0.05) is 6.07 Å². The number of hydrogen-bond donors (Lipinski definition) is 2. The molecule has 0 radical (unpaired) electrons. The molecule has 30 heavy (non-hydrogen) atoms. The Kier molecular flexibility index (Phi) is 5.43. The third-order valence-corrected chi connectivity index (χ3v) is 6.90. The van der Waals surface area contributed by atoms with Crippen LogP contribution in [0.1, 0.15) is 42.6 Å². The second kappa shape index (κ2) is 8.35. The first-order valence-corrected chi connectivity index (χ1v) is 11.0. The van der Waals surface area contributed by atoms with Gasteiger partial charge in [0.05, 0.1) is 12.4 Å². The Morgan fingerprint density at radius 2 is 2.13 bits per heavy atom. The summed E-state index contributed by atoms with van der Waals surface area (Å²) in [5, 5.41) is 3.16. The van der Waals surface area contributed by atoms with Crippen molar-refractivity contribution in [2.24, 2.45) is 11.8 Å². The second-order valence-corrected chi connectivity index (χ2v) is 8.82. The summed E-state index contributed by atoms with van der Waals surface area (Å²) in [4.78, 5) is 35.3. The summed E-state index contributed by atoms with van der Waals surface area (Å²) in [6.45, 7) is 4.47. The standard InChI is InChI=1S/C22H29N5O3/c28-21-3-1-2-19-16-8-17(12-26(11-16)13-18-9-23-14-25-18)20(27(19)21)10-24-22(29)15-4-6-30-7-5-15/h1-3,9,14-17,20H,4-8,10-13H2,(H,23,25)(H,24,29)/t16-,17+,20+/m1/s1. The summed E-state index contributed by atoms with van der Waals surface area (Å²) < 4.78 is 7.33. The van der Waals surface area contributed by atoms with E-state index in [0.29, 0.717) is 31.6 Å². The fraction of sp³-hybridized carbons (Fsp3) is 0.591. The van der Waals surface area contributed by atoms with Crippen molar-refractivity contribution in [2.75, 3.05) is 32.8 Å². The summed E-state index contributed by atoms with van der Waals surface area (Å²) in [7, 11) is 0. The van der Waals surface area contributed by atoms with E-state index in [1.54, 1.807) is 12.4 Å². The molecule has 160 valence electrons. The molecule has 3 aliphatic heterocycles. The molecule has 0 unspecified atom stereocenters. The Morgan fingerprint density at radius 1 is 1.27 bits per heavy atom. The lowest BCUT2D eigenvalue weighted by atomic mass is 9.78. The van der Waals surface area contributed by atoms with Crippen molar-refractivity contribution in [3.8, 4) is 0 Å². The molecule has 0 spiro atoms. The van der Waals surface area contributed by atoms with Gasteiger partial charge in [-0.05, 0) is 31.2 Å². The molecule has 1 amide bonds. The van der Waals surface area contributed by atoms with E-state index in [0.717, 1.165) is 50.3 Å².